The Bertz CT molecular complexity index is 1020. The van der Waals surface area contributed by atoms with E-state index in [-0.39, 0.29) is 0 Å². The fourth-order valence-corrected chi connectivity index (χ4v) is 3.82. The van der Waals surface area contributed by atoms with Gasteiger partial charge in [0.25, 0.3) is 0 Å². The molecule has 3 nitrogen and oxygen atoms in total. The van der Waals surface area contributed by atoms with Crippen LogP contribution >= 0.6 is 0 Å². The zero-order valence-electron chi connectivity index (χ0n) is 31.5. The molecule has 1 heterocycles. The van der Waals surface area contributed by atoms with Gasteiger partial charge < -0.3 is 11.1 Å². The van der Waals surface area contributed by atoms with Crippen molar-refractivity contribution in [2.24, 2.45) is 17.6 Å². The van der Waals surface area contributed by atoms with Gasteiger partial charge in [0.2, 0.25) is 0 Å². The minimum Gasteiger partial charge on any atom is -0.402 e. The number of hydrogen-bond acceptors (Lipinski definition) is 3. The molecule has 0 aliphatic rings. The predicted molar refractivity (Wildman–Crippen MR) is 206 cm³/mol. The quantitative estimate of drug-likeness (QED) is 0.141. The highest BCUT2D eigenvalue weighted by Gasteiger charge is 2.07. The van der Waals surface area contributed by atoms with Gasteiger partial charge in [-0.15, -0.1) is 25.5 Å². The van der Waals surface area contributed by atoms with Crippen LogP contribution in [0.5, 0.6) is 0 Å². The van der Waals surface area contributed by atoms with Crippen LogP contribution in [0.4, 0.5) is 0 Å². The molecule has 0 saturated heterocycles. The van der Waals surface area contributed by atoms with Gasteiger partial charge >= 0.3 is 0 Å². The Morgan fingerprint density at radius 1 is 1.09 bits per heavy atom. The smallest absolute Gasteiger partial charge is 0.0378 e. The largest absolute Gasteiger partial charge is 0.402 e. The fourth-order valence-electron chi connectivity index (χ4n) is 3.82. The SMILES string of the molecule is C#CC.C=C.C=C(C)N/C(C)=C(/C=C\C(C)C(=C/C)/C=C(\C)N)CCC(C)CCC.C=Cc1cc(C)ncc1C.CC.CC. The summed E-state index contributed by atoms with van der Waals surface area (Å²) in [5, 5.41) is 3.39. The van der Waals surface area contributed by atoms with Crippen molar-refractivity contribution >= 4 is 6.08 Å². The molecule has 0 spiro atoms. The summed E-state index contributed by atoms with van der Waals surface area (Å²) >= 11 is 0. The predicted octanol–water partition coefficient (Wildman–Crippen LogP) is 12.4. The number of aryl methyl sites for hydroxylation is 2. The van der Waals surface area contributed by atoms with E-state index in [0.29, 0.717) is 5.92 Å². The van der Waals surface area contributed by atoms with Crippen LogP contribution in [0.3, 0.4) is 0 Å². The monoisotopic (exact) mass is 606 g/mol. The van der Waals surface area contributed by atoms with E-state index in [1.165, 1.54) is 47.2 Å². The Kier molecular flexibility index (Phi) is 40.7. The Labute approximate surface area is 276 Å². The maximum atomic E-state index is 5.84. The lowest BCUT2D eigenvalue weighted by Crippen LogP contribution is -2.10. The van der Waals surface area contributed by atoms with Crippen LogP contribution in [-0.4, -0.2) is 4.98 Å². The molecule has 250 valence electrons. The Hall–Kier alpha value is -3.51. The number of nitrogens with one attached hydrogen (secondary N) is 1. The molecule has 44 heavy (non-hydrogen) atoms. The van der Waals surface area contributed by atoms with Crippen LogP contribution < -0.4 is 11.1 Å². The molecular weight excluding hydrogens is 534 g/mol. The molecule has 0 radical (unpaired) electrons. The second kappa shape index (κ2) is 35.7. The lowest BCUT2D eigenvalue weighted by atomic mass is 9.94. The summed E-state index contributed by atoms with van der Waals surface area (Å²) in [6, 6.07) is 2.03. The Morgan fingerprint density at radius 3 is 2.00 bits per heavy atom. The number of rotatable bonds is 12. The summed E-state index contributed by atoms with van der Waals surface area (Å²) in [4.78, 5) is 4.14. The molecule has 3 N–H and O–H groups in total. The van der Waals surface area contributed by atoms with Crippen LogP contribution in [0.15, 0.2) is 91.1 Å². The molecule has 2 unspecified atom stereocenters. The number of allylic oxidation sites excluding steroid dienone is 9. The van der Waals surface area contributed by atoms with Crippen molar-refractivity contribution in [3.05, 3.63) is 108 Å². The Morgan fingerprint density at radius 2 is 1.61 bits per heavy atom. The van der Waals surface area contributed by atoms with Crippen LogP contribution in [0.2, 0.25) is 0 Å². The summed E-state index contributed by atoms with van der Waals surface area (Å²) in [6.45, 7) is 42.3. The number of nitrogens with zero attached hydrogens (tertiary/aromatic N) is 1. The van der Waals surface area contributed by atoms with Gasteiger partial charge in [0, 0.05) is 29.0 Å². The molecule has 1 aromatic rings. The van der Waals surface area contributed by atoms with Gasteiger partial charge in [0.1, 0.15) is 0 Å². The molecule has 0 aliphatic carbocycles. The molecule has 0 aromatic carbocycles. The van der Waals surface area contributed by atoms with Crippen molar-refractivity contribution in [3.63, 3.8) is 0 Å². The maximum Gasteiger partial charge on any atom is 0.0378 e. The molecule has 2 atom stereocenters. The lowest BCUT2D eigenvalue weighted by molar-refractivity contribution is 0.486. The van der Waals surface area contributed by atoms with E-state index in [9.17, 15) is 0 Å². The van der Waals surface area contributed by atoms with E-state index in [2.05, 4.69) is 108 Å². The molecule has 1 aromatic heterocycles. The van der Waals surface area contributed by atoms with Gasteiger partial charge in [-0.2, -0.15) is 0 Å². The molecule has 3 heteroatoms. The van der Waals surface area contributed by atoms with E-state index >= 15 is 0 Å². The molecular formula is C41H71N3. The van der Waals surface area contributed by atoms with Crippen molar-refractivity contribution in [2.75, 3.05) is 0 Å². The maximum absolute atomic E-state index is 5.84. The summed E-state index contributed by atoms with van der Waals surface area (Å²) in [6.07, 6.45) is 21.9. The number of aromatic nitrogens is 1. The lowest BCUT2D eigenvalue weighted by Gasteiger charge is -2.15. The third kappa shape index (κ3) is 30.0. The van der Waals surface area contributed by atoms with Crippen molar-refractivity contribution in [2.45, 2.75) is 123 Å². The van der Waals surface area contributed by atoms with E-state index < -0.39 is 0 Å². The first kappa shape index (κ1) is 50.1. The minimum absolute atomic E-state index is 0.337. The number of nitrogens with two attached hydrogens (primary N) is 1. The molecule has 0 saturated carbocycles. The molecule has 0 fully saturated rings. The standard InChI is InChI=1S/C23H40N2.C9H11N.C3H4.2C2H6.C2H4/c1-9-11-18(5)12-14-23(21(8)25-17(3)4)15-13-19(6)22(10-2)16-20(7)24;1-4-9-5-8(3)10-6-7(9)2;1-3-2;3*1-2/h10,13,15-16,18-19,25H,3,9,11-12,14,24H2,1-2,4-8H3;4-6H,1H2,2-3H3;1H,2H3;2*1-2H3;1-2H2/b15-13-,20-16+,22-10+,23-21+;;;;;. The van der Waals surface area contributed by atoms with Crippen molar-refractivity contribution in [1.29, 1.82) is 0 Å². The first-order valence-corrected chi connectivity index (χ1v) is 16.2. The van der Waals surface area contributed by atoms with E-state index in [0.717, 1.165) is 29.4 Å². The molecule has 0 aliphatic heterocycles. The number of hydrogen-bond donors (Lipinski definition) is 2. The van der Waals surface area contributed by atoms with Crippen molar-refractivity contribution < 1.29 is 0 Å². The second-order valence-corrected chi connectivity index (χ2v) is 9.99. The van der Waals surface area contributed by atoms with Gasteiger partial charge in [-0.3, -0.25) is 4.98 Å². The van der Waals surface area contributed by atoms with E-state index in [1.807, 2.05) is 73.7 Å². The van der Waals surface area contributed by atoms with Crippen molar-refractivity contribution in [1.82, 2.24) is 10.3 Å². The van der Waals surface area contributed by atoms with Gasteiger partial charge in [0.05, 0.1) is 0 Å². The molecule has 0 bridgehead atoms. The first-order valence-electron chi connectivity index (χ1n) is 16.2. The van der Waals surface area contributed by atoms with Gasteiger partial charge in [-0.1, -0.05) is 98.8 Å². The topological polar surface area (TPSA) is 50.9 Å². The van der Waals surface area contributed by atoms with Crippen LogP contribution in [-0.2, 0) is 0 Å². The fraction of sp³-hybridized carbons (Fsp3) is 0.488. The minimum atomic E-state index is 0.337. The van der Waals surface area contributed by atoms with Gasteiger partial charge in [0.15, 0.2) is 0 Å². The van der Waals surface area contributed by atoms with Crippen LogP contribution in [0.1, 0.15) is 126 Å². The number of pyridine rings is 1. The zero-order valence-corrected chi connectivity index (χ0v) is 31.5. The average molecular weight is 606 g/mol. The van der Waals surface area contributed by atoms with Crippen molar-refractivity contribution in [3.8, 4) is 12.3 Å². The zero-order chi connectivity index (χ0) is 35.7. The van der Waals surface area contributed by atoms with E-state index in [4.69, 9.17) is 5.73 Å². The normalized spacial score (nSPS) is 12.1. The third-order valence-corrected chi connectivity index (χ3v) is 5.91. The highest BCUT2D eigenvalue weighted by molar-refractivity contribution is 5.50. The first-order chi connectivity index (χ1) is 20.9. The molecule has 0 amide bonds. The Balaban J connectivity index is -0.000000218. The second-order valence-electron chi connectivity index (χ2n) is 9.99. The van der Waals surface area contributed by atoms with Gasteiger partial charge in [-0.05, 0) is 108 Å². The average Bonchev–Trinajstić information content (AvgIpc) is 3.00. The molecule has 1 rings (SSSR count). The van der Waals surface area contributed by atoms with Gasteiger partial charge in [-0.25, -0.2) is 0 Å². The third-order valence-electron chi connectivity index (χ3n) is 5.91. The van der Waals surface area contributed by atoms with E-state index in [1.54, 1.807) is 6.92 Å². The highest BCUT2D eigenvalue weighted by Crippen LogP contribution is 2.22. The summed E-state index contributed by atoms with van der Waals surface area (Å²) in [5.41, 5.74) is 14.9. The summed E-state index contributed by atoms with van der Waals surface area (Å²) in [7, 11) is 0. The van der Waals surface area contributed by atoms with Crippen LogP contribution in [0, 0.1) is 38.0 Å². The van der Waals surface area contributed by atoms with Crippen LogP contribution in [0.25, 0.3) is 6.08 Å². The highest BCUT2D eigenvalue weighted by atomic mass is 14.9. The summed E-state index contributed by atoms with van der Waals surface area (Å²) < 4.78 is 0. The number of terminal acetylenes is 1. The summed E-state index contributed by atoms with van der Waals surface area (Å²) in [5.74, 6) is 3.35.